The fourth-order valence-corrected chi connectivity index (χ4v) is 4.00. The fraction of sp³-hybridized carbons (Fsp3) is 0.526. The SMILES string of the molecule is O[C@H](CN1CCC[C@@H]1c1nc2c([nH]1)CCCC2)c1ccc(F)cc1. The Balaban J connectivity index is 1.48. The predicted molar refractivity (Wildman–Crippen MR) is 90.1 cm³/mol. The number of aryl methyl sites for hydroxylation is 2. The minimum Gasteiger partial charge on any atom is -0.387 e. The lowest BCUT2D eigenvalue weighted by Crippen LogP contribution is -2.29. The minimum absolute atomic E-state index is 0.255. The number of benzene rings is 1. The van der Waals surface area contributed by atoms with Gasteiger partial charge < -0.3 is 10.1 Å². The van der Waals surface area contributed by atoms with E-state index >= 15 is 0 Å². The molecule has 0 saturated carbocycles. The van der Waals surface area contributed by atoms with Crippen LogP contribution in [0.15, 0.2) is 24.3 Å². The molecule has 1 aromatic carbocycles. The van der Waals surface area contributed by atoms with Gasteiger partial charge >= 0.3 is 0 Å². The monoisotopic (exact) mass is 329 g/mol. The molecular weight excluding hydrogens is 305 g/mol. The van der Waals surface area contributed by atoms with E-state index in [0.29, 0.717) is 6.54 Å². The molecule has 2 aromatic rings. The average molecular weight is 329 g/mol. The van der Waals surface area contributed by atoms with Gasteiger partial charge in [0.15, 0.2) is 0 Å². The van der Waals surface area contributed by atoms with Gasteiger partial charge in [-0.2, -0.15) is 0 Å². The maximum absolute atomic E-state index is 13.0. The first-order valence-electron chi connectivity index (χ1n) is 8.96. The van der Waals surface area contributed by atoms with Gasteiger partial charge in [-0.05, 0) is 62.8 Å². The number of nitrogens with one attached hydrogen (secondary N) is 1. The molecule has 0 amide bonds. The molecule has 0 radical (unpaired) electrons. The first-order chi connectivity index (χ1) is 11.7. The van der Waals surface area contributed by atoms with E-state index in [4.69, 9.17) is 4.98 Å². The summed E-state index contributed by atoms with van der Waals surface area (Å²) >= 11 is 0. The summed E-state index contributed by atoms with van der Waals surface area (Å²) in [5.74, 6) is 0.789. The lowest BCUT2D eigenvalue weighted by Gasteiger charge is -2.25. The first kappa shape index (κ1) is 15.8. The second-order valence-corrected chi connectivity index (χ2v) is 6.97. The highest BCUT2D eigenvalue weighted by Crippen LogP contribution is 2.33. The van der Waals surface area contributed by atoms with Gasteiger partial charge in [0.05, 0.1) is 17.8 Å². The zero-order valence-corrected chi connectivity index (χ0v) is 13.8. The van der Waals surface area contributed by atoms with Crippen LogP contribution in [0.2, 0.25) is 0 Å². The summed E-state index contributed by atoms with van der Waals surface area (Å²) in [5.41, 5.74) is 3.31. The van der Waals surface area contributed by atoms with Crippen LogP contribution < -0.4 is 0 Å². The number of β-amino-alcohol motifs (C(OH)–C–C–N with tert-alkyl or cyclic N) is 1. The number of nitrogens with zero attached hydrogens (tertiary/aromatic N) is 2. The largest absolute Gasteiger partial charge is 0.387 e. The van der Waals surface area contributed by atoms with Crippen molar-refractivity contribution in [3.63, 3.8) is 0 Å². The van der Waals surface area contributed by atoms with Crippen molar-refractivity contribution >= 4 is 0 Å². The summed E-state index contributed by atoms with van der Waals surface area (Å²) in [5, 5.41) is 10.5. The molecule has 4 nitrogen and oxygen atoms in total. The van der Waals surface area contributed by atoms with E-state index in [-0.39, 0.29) is 11.9 Å². The van der Waals surface area contributed by atoms with Crippen LogP contribution >= 0.6 is 0 Å². The van der Waals surface area contributed by atoms with Crippen LogP contribution in [0.4, 0.5) is 4.39 Å². The molecule has 128 valence electrons. The van der Waals surface area contributed by atoms with Crippen LogP contribution in [0.25, 0.3) is 0 Å². The van der Waals surface area contributed by atoms with Crippen molar-refractivity contribution in [3.05, 3.63) is 52.9 Å². The van der Waals surface area contributed by atoms with Gasteiger partial charge in [-0.15, -0.1) is 0 Å². The van der Waals surface area contributed by atoms with Crippen molar-refractivity contribution in [2.75, 3.05) is 13.1 Å². The average Bonchev–Trinajstić information content (AvgIpc) is 3.21. The smallest absolute Gasteiger partial charge is 0.124 e. The van der Waals surface area contributed by atoms with E-state index in [1.54, 1.807) is 12.1 Å². The van der Waals surface area contributed by atoms with Gasteiger partial charge in [-0.3, -0.25) is 4.90 Å². The summed E-state index contributed by atoms with van der Waals surface area (Å²) in [6, 6.07) is 6.39. The molecule has 2 atom stereocenters. The Morgan fingerprint density at radius 3 is 2.79 bits per heavy atom. The van der Waals surface area contributed by atoms with Crippen molar-refractivity contribution in [2.24, 2.45) is 0 Å². The van der Waals surface area contributed by atoms with E-state index < -0.39 is 6.10 Å². The number of imidazole rings is 1. The van der Waals surface area contributed by atoms with E-state index in [9.17, 15) is 9.50 Å². The Kier molecular flexibility index (Phi) is 4.37. The number of halogens is 1. The van der Waals surface area contributed by atoms with Crippen molar-refractivity contribution in [1.82, 2.24) is 14.9 Å². The van der Waals surface area contributed by atoms with E-state index in [1.807, 2.05) is 0 Å². The Hall–Kier alpha value is -1.72. The number of fused-ring (bicyclic) bond motifs is 1. The van der Waals surface area contributed by atoms with Crippen molar-refractivity contribution in [2.45, 2.75) is 50.7 Å². The quantitative estimate of drug-likeness (QED) is 0.905. The van der Waals surface area contributed by atoms with Crippen LogP contribution in [0, 0.1) is 5.82 Å². The van der Waals surface area contributed by atoms with Gasteiger partial charge in [0.25, 0.3) is 0 Å². The summed E-state index contributed by atoms with van der Waals surface area (Å²) < 4.78 is 13.0. The third-order valence-corrected chi connectivity index (χ3v) is 5.31. The maximum Gasteiger partial charge on any atom is 0.124 e. The normalized spacial score (nSPS) is 22.5. The molecule has 5 heteroatoms. The number of aliphatic hydroxyl groups is 1. The molecule has 0 bridgehead atoms. The van der Waals surface area contributed by atoms with Gasteiger partial charge in [-0.25, -0.2) is 9.37 Å². The zero-order chi connectivity index (χ0) is 16.5. The van der Waals surface area contributed by atoms with Gasteiger partial charge in [0, 0.05) is 12.2 Å². The predicted octanol–water partition coefficient (Wildman–Crippen LogP) is 3.30. The number of hydrogen-bond donors (Lipinski definition) is 2. The van der Waals surface area contributed by atoms with Gasteiger partial charge in [-0.1, -0.05) is 12.1 Å². The molecule has 2 N–H and O–H groups in total. The van der Waals surface area contributed by atoms with Gasteiger partial charge in [0.2, 0.25) is 0 Å². The lowest BCUT2D eigenvalue weighted by molar-refractivity contribution is 0.104. The summed E-state index contributed by atoms with van der Waals surface area (Å²) in [4.78, 5) is 10.7. The van der Waals surface area contributed by atoms with E-state index in [1.165, 1.54) is 36.4 Å². The second-order valence-electron chi connectivity index (χ2n) is 6.97. The molecule has 4 rings (SSSR count). The highest BCUT2D eigenvalue weighted by Gasteiger charge is 2.31. The molecule has 1 saturated heterocycles. The molecule has 0 unspecified atom stereocenters. The van der Waals surface area contributed by atoms with Crippen LogP contribution in [-0.2, 0) is 12.8 Å². The zero-order valence-electron chi connectivity index (χ0n) is 13.8. The summed E-state index contributed by atoms with van der Waals surface area (Å²) in [6.45, 7) is 1.52. The van der Waals surface area contributed by atoms with E-state index in [2.05, 4.69) is 9.88 Å². The number of hydrogen-bond acceptors (Lipinski definition) is 3. The molecule has 1 aliphatic heterocycles. The molecule has 0 spiro atoms. The molecule has 1 aliphatic carbocycles. The number of aromatic amines is 1. The molecule has 24 heavy (non-hydrogen) atoms. The highest BCUT2D eigenvalue weighted by molar-refractivity contribution is 5.21. The topological polar surface area (TPSA) is 52.1 Å². The Morgan fingerprint density at radius 1 is 1.21 bits per heavy atom. The molecule has 1 fully saturated rings. The number of rotatable bonds is 4. The fourth-order valence-electron chi connectivity index (χ4n) is 4.00. The number of H-pyrrole nitrogens is 1. The maximum atomic E-state index is 13.0. The van der Waals surface area contributed by atoms with E-state index in [0.717, 1.165) is 43.6 Å². The first-order valence-corrected chi connectivity index (χ1v) is 8.96. The Bertz CT molecular complexity index is 674. The number of aromatic nitrogens is 2. The second kappa shape index (κ2) is 6.65. The standard InChI is InChI=1S/C19H24FN3O/c20-14-9-7-13(8-10-14)18(24)12-23-11-3-6-17(23)19-21-15-4-1-2-5-16(15)22-19/h7-10,17-18,24H,1-6,11-12H2,(H,21,22)/t17-,18-/m1/s1. The minimum atomic E-state index is -0.601. The third-order valence-electron chi connectivity index (χ3n) is 5.31. The van der Waals surface area contributed by atoms with Crippen LogP contribution in [0.5, 0.6) is 0 Å². The van der Waals surface area contributed by atoms with Crippen LogP contribution in [0.3, 0.4) is 0 Å². The Morgan fingerprint density at radius 2 is 2.00 bits per heavy atom. The molecular formula is C19H24FN3O. The summed E-state index contributed by atoms with van der Waals surface area (Å²) in [7, 11) is 0. The van der Waals surface area contributed by atoms with Crippen LogP contribution in [-0.4, -0.2) is 33.1 Å². The Labute approximate surface area is 141 Å². The number of aliphatic hydroxyl groups excluding tert-OH is 1. The lowest BCUT2D eigenvalue weighted by atomic mass is 10.0. The van der Waals surface area contributed by atoms with Crippen molar-refractivity contribution < 1.29 is 9.50 Å². The van der Waals surface area contributed by atoms with Gasteiger partial charge in [0.1, 0.15) is 11.6 Å². The highest BCUT2D eigenvalue weighted by atomic mass is 19.1. The van der Waals surface area contributed by atoms with Crippen molar-refractivity contribution in [3.8, 4) is 0 Å². The third kappa shape index (κ3) is 3.10. The number of likely N-dealkylation sites (tertiary alicyclic amines) is 1. The van der Waals surface area contributed by atoms with Crippen LogP contribution in [0.1, 0.15) is 60.6 Å². The molecule has 2 heterocycles. The molecule has 1 aromatic heterocycles. The van der Waals surface area contributed by atoms with Crippen molar-refractivity contribution in [1.29, 1.82) is 0 Å². The molecule has 2 aliphatic rings. The summed E-state index contributed by atoms with van der Waals surface area (Å²) in [6.07, 6.45) is 6.25.